The average Bonchev–Trinajstić information content (AvgIpc) is 2.26. The summed E-state index contributed by atoms with van der Waals surface area (Å²) < 4.78 is 4.55. The number of hydrogen-bond acceptors (Lipinski definition) is 3. The van der Waals surface area contributed by atoms with Gasteiger partial charge in [0.05, 0.1) is 17.7 Å². The number of hydrogen-bond donors (Lipinski definition) is 0. The van der Waals surface area contributed by atoms with Crippen LogP contribution in [0.4, 0.5) is 0 Å². The van der Waals surface area contributed by atoms with Gasteiger partial charge in [-0.15, -0.1) is 0 Å². The highest BCUT2D eigenvalue weighted by atomic mass is 35.5. The summed E-state index contributed by atoms with van der Waals surface area (Å²) in [6.45, 7) is 1.76. The van der Waals surface area contributed by atoms with E-state index in [4.69, 9.17) is 11.6 Å². The molecule has 1 rings (SSSR count). The third kappa shape index (κ3) is 2.57. The monoisotopic (exact) mass is 226 g/mol. The second kappa shape index (κ2) is 4.94. The van der Waals surface area contributed by atoms with Gasteiger partial charge in [-0.25, -0.2) is 4.79 Å². The minimum atomic E-state index is -0.481. The molecule has 0 N–H and O–H groups in total. The second-order valence-electron chi connectivity index (χ2n) is 3.16. The highest BCUT2D eigenvalue weighted by Crippen LogP contribution is 2.22. The van der Waals surface area contributed by atoms with Crippen LogP contribution in [0.2, 0.25) is 5.02 Å². The first kappa shape index (κ1) is 11.7. The van der Waals surface area contributed by atoms with E-state index in [0.29, 0.717) is 10.6 Å². The molecule has 15 heavy (non-hydrogen) atoms. The van der Waals surface area contributed by atoms with E-state index in [-0.39, 0.29) is 5.92 Å². The van der Waals surface area contributed by atoms with Gasteiger partial charge in [-0.1, -0.05) is 24.6 Å². The molecule has 3 nitrogen and oxygen atoms in total. The first-order valence-electron chi connectivity index (χ1n) is 4.43. The number of benzene rings is 1. The molecule has 0 heterocycles. The number of halogens is 1. The maximum Gasteiger partial charge on any atom is 0.339 e. The van der Waals surface area contributed by atoms with Crippen molar-refractivity contribution in [1.82, 2.24) is 0 Å². The molecular formula is C11H11ClO3. The van der Waals surface area contributed by atoms with Gasteiger partial charge in [0.15, 0.2) is 0 Å². The summed E-state index contributed by atoms with van der Waals surface area (Å²) in [4.78, 5) is 21.8. The topological polar surface area (TPSA) is 43.4 Å². The predicted octanol–water partition coefficient (Wildman–Crippen LogP) is 2.43. The molecule has 0 fully saturated rings. The summed E-state index contributed by atoms with van der Waals surface area (Å²) in [5, 5.41) is 0.299. The maximum atomic E-state index is 11.2. The quantitative estimate of drug-likeness (QED) is 0.587. The summed E-state index contributed by atoms with van der Waals surface area (Å²) in [6.07, 6.45) is 0.823. The fraction of sp³-hybridized carbons (Fsp3) is 0.273. The van der Waals surface area contributed by atoms with Crippen molar-refractivity contribution in [3.63, 3.8) is 0 Å². The molecule has 1 atom stereocenters. The van der Waals surface area contributed by atoms with Gasteiger partial charge in [0.25, 0.3) is 0 Å². The van der Waals surface area contributed by atoms with Crippen LogP contribution >= 0.6 is 11.6 Å². The van der Waals surface area contributed by atoms with Crippen molar-refractivity contribution in [3.8, 4) is 0 Å². The average molecular weight is 227 g/mol. The van der Waals surface area contributed by atoms with Crippen molar-refractivity contribution in [3.05, 3.63) is 34.3 Å². The smallest absolute Gasteiger partial charge is 0.339 e. The SMILES string of the molecule is COC(=O)c1ccc(C(C)C=O)cc1Cl. The number of rotatable bonds is 3. The lowest BCUT2D eigenvalue weighted by atomic mass is 10.0. The Morgan fingerprint density at radius 3 is 2.67 bits per heavy atom. The zero-order valence-corrected chi connectivity index (χ0v) is 9.25. The number of ether oxygens (including phenoxy) is 1. The Bertz CT molecular complexity index is 387. The lowest BCUT2D eigenvalue weighted by Gasteiger charge is -2.07. The number of carbonyl (C=O) groups excluding carboxylic acids is 2. The lowest BCUT2D eigenvalue weighted by molar-refractivity contribution is -0.108. The zero-order valence-electron chi connectivity index (χ0n) is 8.49. The van der Waals surface area contributed by atoms with Crippen LogP contribution in [-0.2, 0) is 9.53 Å². The molecule has 0 saturated carbocycles. The first-order valence-corrected chi connectivity index (χ1v) is 4.81. The molecule has 0 saturated heterocycles. The van der Waals surface area contributed by atoms with Gasteiger partial charge < -0.3 is 9.53 Å². The molecule has 0 spiro atoms. The van der Waals surface area contributed by atoms with Gasteiger partial charge in [-0.2, -0.15) is 0 Å². The molecule has 0 amide bonds. The van der Waals surface area contributed by atoms with Crippen LogP contribution in [0.3, 0.4) is 0 Å². The minimum Gasteiger partial charge on any atom is -0.465 e. The molecule has 4 heteroatoms. The highest BCUT2D eigenvalue weighted by Gasteiger charge is 2.12. The summed E-state index contributed by atoms with van der Waals surface area (Å²) in [5.74, 6) is -0.709. The van der Waals surface area contributed by atoms with E-state index < -0.39 is 5.97 Å². The van der Waals surface area contributed by atoms with Gasteiger partial charge in [0.2, 0.25) is 0 Å². The molecule has 80 valence electrons. The molecular weight excluding hydrogens is 216 g/mol. The van der Waals surface area contributed by atoms with E-state index in [1.165, 1.54) is 7.11 Å². The maximum absolute atomic E-state index is 11.2. The van der Waals surface area contributed by atoms with Crippen molar-refractivity contribution in [2.24, 2.45) is 0 Å². The van der Waals surface area contributed by atoms with Crippen LogP contribution in [0.15, 0.2) is 18.2 Å². The number of esters is 1. The van der Waals surface area contributed by atoms with Crippen LogP contribution in [0.5, 0.6) is 0 Å². The molecule has 1 aromatic rings. The summed E-state index contributed by atoms with van der Waals surface area (Å²) in [5.41, 5.74) is 1.09. The Kier molecular flexibility index (Phi) is 3.86. The molecule has 0 radical (unpaired) electrons. The van der Waals surface area contributed by atoms with Gasteiger partial charge in [0.1, 0.15) is 6.29 Å². The Labute approximate surface area is 93.0 Å². The van der Waals surface area contributed by atoms with Crippen molar-refractivity contribution in [2.75, 3.05) is 7.11 Å². The lowest BCUT2D eigenvalue weighted by Crippen LogP contribution is -2.03. The molecule has 1 aromatic carbocycles. The van der Waals surface area contributed by atoms with Crippen LogP contribution < -0.4 is 0 Å². The molecule has 1 unspecified atom stereocenters. The highest BCUT2D eigenvalue weighted by molar-refractivity contribution is 6.33. The second-order valence-corrected chi connectivity index (χ2v) is 3.56. The van der Waals surface area contributed by atoms with Crippen molar-refractivity contribution in [1.29, 1.82) is 0 Å². The molecule has 0 aliphatic rings. The standard InChI is InChI=1S/C11H11ClO3/c1-7(6-13)8-3-4-9(10(12)5-8)11(14)15-2/h3-7H,1-2H3. The molecule has 0 aliphatic heterocycles. The van der Waals surface area contributed by atoms with Crippen LogP contribution in [0, 0.1) is 0 Å². The molecule has 0 bridgehead atoms. The Balaban J connectivity index is 3.08. The van der Waals surface area contributed by atoms with Gasteiger partial charge in [-0.3, -0.25) is 0 Å². The Hall–Kier alpha value is -1.35. The summed E-state index contributed by atoms with van der Waals surface area (Å²) in [6, 6.07) is 4.85. The zero-order chi connectivity index (χ0) is 11.4. The fourth-order valence-electron chi connectivity index (χ4n) is 1.17. The summed E-state index contributed by atoms with van der Waals surface area (Å²) in [7, 11) is 1.29. The van der Waals surface area contributed by atoms with Gasteiger partial charge >= 0.3 is 5.97 Å². The number of aldehydes is 1. The number of carbonyl (C=O) groups is 2. The normalized spacial score (nSPS) is 11.9. The molecule has 0 aromatic heterocycles. The predicted molar refractivity (Wildman–Crippen MR) is 57.3 cm³/mol. The third-order valence-electron chi connectivity index (χ3n) is 2.13. The Morgan fingerprint density at radius 2 is 2.20 bits per heavy atom. The molecule has 0 aliphatic carbocycles. The van der Waals surface area contributed by atoms with E-state index in [0.717, 1.165) is 11.8 Å². The van der Waals surface area contributed by atoms with Crippen molar-refractivity contribution >= 4 is 23.9 Å². The summed E-state index contributed by atoms with van der Waals surface area (Å²) >= 11 is 5.89. The van der Waals surface area contributed by atoms with Crippen LogP contribution in [-0.4, -0.2) is 19.4 Å². The van der Waals surface area contributed by atoms with Gasteiger partial charge in [0, 0.05) is 5.92 Å². The van der Waals surface area contributed by atoms with Gasteiger partial charge in [-0.05, 0) is 17.7 Å². The van der Waals surface area contributed by atoms with E-state index in [1.54, 1.807) is 25.1 Å². The van der Waals surface area contributed by atoms with E-state index in [1.807, 2.05) is 0 Å². The minimum absolute atomic E-state index is 0.228. The fourth-order valence-corrected chi connectivity index (χ4v) is 1.43. The van der Waals surface area contributed by atoms with E-state index >= 15 is 0 Å². The first-order chi connectivity index (χ1) is 7.10. The van der Waals surface area contributed by atoms with E-state index in [9.17, 15) is 9.59 Å². The van der Waals surface area contributed by atoms with Crippen molar-refractivity contribution < 1.29 is 14.3 Å². The largest absolute Gasteiger partial charge is 0.465 e. The Morgan fingerprint density at radius 1 is 1.53 bits per heavy atom. The van der Waals surface area contributed by atoms with Crippen LogP contribution in [0.25, 0.3) is 0 Å². The van der Waals surface area contributed by atoms with E-state index in [2.05, 4.69) is 4.74 Å². The third-order valence-corrected chi connectivity index (χ3v) is 2.44. The number of methoxy groups -OCH3 is 1. The van der Waals surface area contributed by atoms with Crippen LogP contribution in [0.1, 0.15) is 28.8 Å². The van der Waals surface area contributed by atoms with Crippen molar-refractivity contribution in [2.45, 2.75) is 12.8 Å².